The van der Waals surface area contributed by atoms with Crippen LogP contribution in [0.5, 0.6) is 0 Å². The van der Waals surface area contributed by atoms with Gasteiger partial charge in [0.2, 0.25) is 0 Å². The zero-order chi connectivity index (χ0) is 7.98. The van der Waals surface area contributed by atoms with Crippen LogP contribution in [0.2, 0.25) is 0 Å². The Balaban J connectivity index is 3.11. The number of thioether (sulfide) groups is 1. The number of Topliss-reactive ketones (excluding diaryl/α,β-unsaturated/α-hetero) is 1. The van der Waals surface area contributed by atoms with Gasteiger partial charge >= 0.3 is 0 Å². The summed E-state index contributed by atoms with van der Waals surface area (Å²) in [4.78, 5) is 10.5. The quantitative estimate of drug-likeness (QED) is 0.650. The first-order chi connectivity index (χ1) is 4.66. The molecule has 3 heteroatoms. The maximum Gasteiger partial charge on any atom is 0.139 e. The van der Waals surface area contributed by atoms with Crippen molar-refractivity contribution in [2.45, 2.75) is 19.9 Å². The van der Waals surface area contributed by atoms with Crippen LogP contribution in [0, 0.1) is 0 Å². The molecule has 0 saturated carbocycles. The van der Waals surface area contributed by atoms with Crippen LogP contribution in [0.15, 0.2) is 0 Å². The second kappa shape index (κ2) is 5.74. The minimum atomic E-state index is 0.258. The predicted molar refractivity (Wildman–Crippen MR) is 46.5 cm³/mol. The molecule has 60 valence electrons. The molecule has 0 aromatic heterocycles. The average Bonchev–Trinajstić information content (AvgIpc) is 1.87. The number of carbonyl (C=O) groups is 1. The van der Waals surface area contributed by atoms with Crippen LogP contribution < -0.4 is 5.32 Å². The molecular formula is C7H15NOS. The second-order valence-corrected chi connectivity index (χ2v) is 3.44. The largest absolute Gasteiger partial charge is 0.316 e. The SMILES string of the molecule is CNC(C)CSCC(C)=O. The highest BCUT2D eigenvalue weighted by Gasteiger charge is 1.98. The highest BCUT2D eigenvalue weighted by Crippen LogP contribution is 2.01. The van der Waals surface area contributed by atoms with Gasteiger partial charge in [0.1, 0.15) is 5.78 Å². The van der Waals surface area contributed by atoms with E-state index in [1.54, 1.807) is 18.7 Å². The molecule has 1 atom stereocenters. The third-order valence-electron chi connectivity index (χ3n) is 1.17. The van der Waals surface area contributed by atoms with Crippen LogP contribution >= 0.6 is 11.8 Å². The van der Waals surface area contributed by atoms with Gasteiger partial charge in [0.15, 0.2) is 0 Å². The molecule has 0 amide bonds. The molecule has 0 radical (unpaired) electrons. The van der Waals surface area contributed by atoms with E-state index in [1.165, 1.54) is 0 Å². The number of nitrogens with one attached hydrogen (secondary N) is 1. The van der Waals surface area contributed by atoms with Gasteiger partial charge < -0.3 is 5.32 Å². The molecule has 0 rings (SSSR count). The summed E-state index contributed by atoms with van der Waals surface area (Å²) in [5, 5.41) is 3.11. The van der Waals surface area contributed by atoms with E-state index in [0.717, 1.165) is 5.75 Å². The van der Waals surface area contributed by atoms with Gasteiger partial charge in [0.05, 0.1) is 5.75 Å². The lowest BCUT2D eigenvalue weighted by Gasteiger charge is -2.07. The van der Waals surface area contributed by atoms with Crippen LogP contribution in [-0.2, 0) is 4.79 Å². The van der Waals surface area contributed by atoms with Gasteiger partial charge in [0.25, 0.3) is 0 Å². The van der Waals surface area contributed by atoms with Crippen LogP contribution in [0.3, 0.4) is 0 Å². The van der Waals surface area contributed by atoms with Crippen LogP contribution in [0.25, 0.3) is 0 Å². The lowest BCUT2D eigenvalue weighted by atomic mass is 10.4. The smallest absolute Gasteiger partial charge is 0.139 e. The predicted octanol–water partition coefficient (Wildman–Crippen LogP) is 0.916. The second-order valence-electron chi connectivity index (χ2n) is 2.41. The van der Waals surface area contributed by atoms with Crippen LogP contribution in [0.1, 0.15) is 13.8 Å². The van der Waals surface area contributed by atoms with Gasteiger partial charge in [0, 0.05) is 11.8 Å². The average molecular weight is 161 g/mol. The maximum absolute atomic E-state index is 10.5. The fraction of sp³-hybridized carbons (Fsp3) is 0.857. The number of hydrogen-bond acceptors (Lipinski definition) is 3. The Morgan fingerprint density at radius 3 is 2.70 bits per heavy atom. The van der Waals surface area contributed by atoms with E-state index in [4.69, 9.17) is 0 Å². The van der Waals surface area contributed by atoms with E-state index in [9.17, 15) is 4.79 Å². The number of carbonyl (C=O) groups excluding carboxylic acids is 1. The minimum absolute atomic E-state index is 0.258. The summed E-state index contributed by atoms with van der Waals surface area (Å²) in [5.74, 6) is 1.91. The Morgan fingerprint density at radius 1 is 1.70 bits per heavy atom. The zero-order valence-corrected chi connectivity index (χ0v) is 7.62. The summed E-state index contributed by atoms with van der Waals surface area (Å²) in [6, 6.07) is 0.504. The molecule has 0 aliphatic rings. The summed E-state index contributed by atoms with van der Waals surface area (Å²) in [6.07, 6.45) is 0. The minimum Gasteiger partial charge on any atom is -0.316 e. The topological polar surface area (TPSA) is 29.1 Å². The number of rotatable bonds is 5. The summed E-state index contributed by atoms with van der Waals surface area (Å²) in [7, 11) is 1.93. The van der Waals surface area contributed by atoms with Crippen molar-refractivity contribution in [3.8, 4) is 0 Å². The Bertz CT molecular complexity index is 106. The van der Waals surface area contributed by atoms with Gasteiger partial charge in [-0.1, -0.05) is 0 Å². The molecule has 0 aliphatic carbocycles. The van der Waals surface area contributed by atoms with Crippen LogP contribution in [0.4, 0.5) is 0 Å². The normalized spacial score (nSPS) is 13.1. The molecule has 0 heterocycles. The van der Waals surface area contributed by atoms with Gasteiger partial charge in [-0.05, 0) is 20.9 Å². The lowest BCUT2D eigenvalue weighted by molar-refractivity contribution is -0.114. The van der Waals surface area contributed by atoms with E-state index in [0.29, 0.717) is 11.8 Å². The molecule has 2 nitrogen and oxygen atoms in total. The monoisotopic (exact) mass is 161 g/mol. The molecule has 1 unspecified atom stereocenters. The fourth-order valence-corrected chi connectivity index (χ4v) is 1.39. The lowest BCUT2D eigenvalue weighted by Crippen LogP contribution is -2.23. The Morgan fingerprint density at radius 2 is 2.30 bits per heavy atom. The molecule has 0 saturated heterocycles. The molecule has 0 bridgehead atoms. The first-order valence-electron chi connectivity index (χ1n) is 3.41. The third kappa shape index (κ3) is 6.11. The van der Waals surface area contributed by atoms with Gasteiger partial charge in [-0.3, -0.25) is 4.79 Å². The summed E-state index contributed by atoms with van der Waals surface area (Å²) >= 11 is 1.68. The van der Waals surface area contributed by atoms with Crippen molar-refractivity contribution in [3.63, 3.8) is 0 Å². The van der Waals surface area contributed by atoms with E-state index in [2.05, 4.69) is 12.2 Å². The van der Waals surface area contributed by atoms with Crippen molar-refractivity contribution in [3.05, 3.63) is 0 Å². The Kier molecular flexibility index (Phi) is 5.73. The summed E-state index contributed by atoms with van der Waals surface area (Å²) in [6.45, 7) is 3.73. The molecule has 0 fully saturated rings. The first-order valence-corrected chi connectivity index (χ1v) is 4.56. The number of ketones is 1. The molecule has 0 aromatic carbocycles. The van der Waals surface area contributed by atoms with Crippen molar-refractivity contribution in [2.75, 3.05) is 18.6 Å². The van der Waals surface area contributed by atoms with Crippen molar-refractivity contribution in [2.24, 2.45) is 0 Å². The van der Waals surface area contributed by atoms with Crippen molar-refractivity contribution in [1.29, 1.82) is 0 Å². The molecule has 10 heavy (non-hydrogen) atoms. The van der Waals surface area contributed by atoms with Gasteiger partial charge in [-0.25, -0.2) is 0 Å². The summed E-state index contributed by atoms with van der Waals surface area (Å²) < 4.78 is 0. The van der Waals surface area contributed by atoms with Crippen molar-refractivity contribution in [1.82, 2.24) is 5.32 Å². The molecule has 0 spiro atoms. The van der Waals surface area contributed by atoms with E-state index in [1.807, 2.05) is 7.05 Å². The van der Waals surface area contributed by atoms with Crippen molar-refractivity contribution >= 4 is 17.5 Å². The highest BCUT2D eigenvalue weighted by atomic mass is 32.2. The summed E-state index contributed by atoms with van der Waals surface area (Å²) in [5.41, 5.74) is 0. The fourth-order valence-electron chi connectivity index (χ4n) is 0.463. The van der Waals surface area contributed by atoms with Crippen molar-refractivity contribution < 1.29 is 4.79 Å². The highest BCUT2D eigenvalue weighted by molar-refractivity contribution is 7.99. The van der Waals surface area contributed by atoms with E-state index < -0.39 is 0 Å². The Hall–Kier alpha value is -0.0200. The molecule has 1 N–H and O–H groups in total. The maximum atomic E-state index is 10.5. The molecule has 0 aromatic rings. The van der Waals surface area contributed by atoms with E-state index in [-0.39, 0.29) is 5.78 Å². The van der Waals surface area contributed by atoms with E-state index >= 15 is 0 Å². The zero-order valence-electron chi connectivity index (χ0n) is 6.81. The van der Waals surface area contributed by atoms with Gasteiger partial charge in [-0.2, -0.15) is 11.8 Å². The molecule has 0 aliphatic heterocycles. The standard InChI is InChI=1S/C7H15NOS/c1-6(8-3)4-10-5-7(2)9/h6,8H,4-5H2,1-3H3. The third-order valence-corrected chi connectivity index (χ3v) is 2.51. The number of hydrogen-bond donors (Lipinski definition) is 1. The first kappa shape index (κ1) is 9.98. The Labute approximate surface area is 66.8 Å². The van der Waals surface area contributed by atoms with Gasteiger partial charge in [-0.15, -0.1) is 0 Å². The van der Waals surface area contributed by atoms with Crippen LogP contribution in [-0.4, -0.2) is 30.4 Å². The molecular weight excluding hydrogens is 146 g/mol.